The van der Waals surface area contributed by atoms with Gasteiger partial charge in [-0.3, -0.25) is 19.8 Å². The van der Waals surface area contributed by atoms with Gasteiger partial charge < -0.3 is 25.8 Å². The van der Waals surface area contributed by atoms with Crippen LogP contribution in [0.3, 0.4) is 0 Å². The number of anilines is 3. The Morgan fingerprint density at radius 3 is 2.55 bits per heavy atom. The van der Waals surface area contributed by atoms with E-state index in [1.54, 1.807) is 6.07 Å². The van der Waals surface area contributed by atoms with Crippen LogP contribution in [0.15, 0.2) is 36.4 Å². The number of hydrogen-bond acceptors (Lipinski definition) is 8. The third-order valence-corrected chi connectivity index (χ3v) is 5.49. The van der Waals surface area contributed by atoms with Crippen molar-refractivity contribution in [2.75, 3.05) is 56.7 Å². The smallest absolute Gasteiger partial charge is 0.336 e. The Bertz CT molecular complexity index is 1040. The number of nitrogens with two attached hydrogens (primary N) is 1. The van der Waals surface area contributed by atoms with Crippen molar-refractivity contribution in [3.05, 3.63) is 57.6 Å². The number of nitro benzene ring substituents is 1. The first-order chi connectivity index (χ1) is 15.8. The zero-order valence-electron chi connectivity index (χ0n) is 18.3. The van der Waals surface area contributed by atoms with Crippen LogP contribution in [-0.4, -0.2) is 73.2 Å². The van der Waals surface area contributed by atoms with Crippen LogP contribution in [0, 0.1) is 10.1 Å². The maximum atomic E-state index is 11.9. The van der Waals surface area contributed by atoms with E-state index in [1.165, 1.54) is 19.2 Å². The molecule has 3 rings (SSSR count). The minimum absolute atomic E-state index is 0.0968. The molecule has 0 unspecified atom stereocenters. The second-order valence-corrected chi connectivity index (χ2v) is 7.70. The van der Waals surface area contributed by atoms with Crippen molar-refractivity contribution in [3.8, 4) is 0 Å². The van der Waals surface area contributed by atoms with Gasteiger partial charge in [-0.1, -0.05) is 6.07 Å². The molecule has 0 radical (unpaired) electrons. The van der Waals surface area contributed by atoms with E-state index in [1.807, 2.05) is 23.1 Å². The van der Waals surface area contributed by atoms with Gasteiger partial charge in [0.05, 0.1) is 23.6 Å². The molecule has 0 spiro atoms. The lowest BCUT2D eigenvalue weighted by Crippen LogP contribution is -2.48. The third-order valence-electron chi connectivity index (χ3n) is 5.49. The van der Waals surface area contributed by atoms with Crippen LogP contribution >= 0.6 is 0 Å². The van der Waals surface area contributed by atoms with Crippen LogP contribution in [0.1, 0.15) is 15.9 Å². The maximum absolute atomic E-state index is 11.9. The summed E-state index contributed by atoms with van der Waals surface area (Å²) in [4.78, 5) is 38.2. The van der Waals surface area contributed by atoms with Gasteiger partial charge in [0.2, 0.25) is 5.91 Å². The number of hydrogen-bond donors (Lipinski definition) is 3. The minimum Gasteiger partial charge on any atom is -0.478 e. The zero-order chi connectivity index (χ0) is 24.0. The fourth-order valence-corrected chi connectivity index (χ4v) is 3.92. The van der Waals surface area contributed by atoms with Gasteiger partial charge in [0, 0.05) is 56.6 Å². The fraction of sp³-hybridized carbons (Fsp3) is 0.364. The second-order valence-electron chi connectivity index (χ2n) is 7.70. The van der Waals surface area contributed by atoms with Crippen LogP contribution in [0.4, 0.5) is 22.7 Å². The van der Waals surface area contributed by atoms with Crippen LogP contribution in [-0.2, 0) is 16.0 Å². The highest BCUT2D eigenvalue weighted by Crippen LogP contribution is 2.35. The number of nitrogens with zero attached hydrogens (tertiary/aromatic N) is 3. The van der Waals surface area contributed by atoms with Crippen molar-refractivity contribution in [3.63, 3.8) is 0 Å². The lowest BCUT2D eigenvalue weighted by atomic mass is 10.0. The average Bonchev–Trinajstić information content (AvgIpc) is 2.77. The molecule has 2 aromatic carbocycles. The summed E-state index contributed by atoms with van der Waals surface area (Å²) in [7, 11) is 1.45. The van der Waals surface area contributed by atoms with Crippen LogP contribution in [0.25, 0.3) is 0 Å². The van der Waals surface area contributed by atoms with Crippen molar-refractivity contribution in [1.82, 2.24) is 4.90 Å². The number of rotatable bonds is 10. The Morgan fingerprint density at radius 1 is 1.21 bits per heavy atom. The number of carbonyl (C=O) groups excluding carboxylic acids is 1. The molecule has 1 fully saturated rings. The number of aromatic carboxylic acids is 1. The maximum Gasteiger partial charge on any atom is 0.336 e. The fourth-order valence-electron chi connectivity index (χ4n) is 3.92. The Balaban J connectivity index is 1.84. The first kappa shape index (κ1) is 24.0. The summed E-state index contributed by atoms with van der Waals surface area (Å²) in [6.45, 7) is 3.21. The van der Waals surface area contributed by atoms with Gasteiger partial charge >= 0.3 is 5.97 Å². The van der Waals surface area contributed by atoms with Gasteiger partial charge in [-0.05, 0) is 30.3 Å². The van der Waals surface area contributed by atoms with E-state index in [0.717, 1.165) is 5.69 Å². The molecule has 1 aliphatic rings. The lowest BCUT2D eigenvalue weighted by Gasteiger charge is -2.35. The topological polar surface area (TPSA) is 151 Å². The predicted octanol–water partition coefficient (Wildman–Crippen LogP) is 1.83. The number of methoxy groups -OCH3 is 1. The minimum atomic E-state index is -1.23. The standard InChI is InChI=1S/C22H27N5O6/c1-33-12-7-17-18(22(29)30)5-6-19(21(17)27(31)32)24-15-3-2-4-16(13-15)26-10-8-25(9-11-26)14-20(23)28/h2-6,13,24H,7-12,14H2,1H3,(H2,23,28)(H,29,30). The molecule has 33 heavy (non-hydrogen) atoms. The Kier molecular flexibility index (Phi) is 7.80. The summed E-state index contributed by atoms with van der Waals surface area (Å²) >= 11 is 0. The highest BCUT2D eigenvalue weighted by Gasteiger charge is 2.26. The summed E-state index contributed by atoms with van der Waals surface area (Å²) in [5.74, 6) is -1.58. The quantitative estimate of drug-likeness (QED) is 0.358. The molecular weight excluding hydrogens is 430 g/mol. The van der Waals surface area contributed by atoms with Gasteiger partial charge in [0.25, 0.3) is 5.69 Å². The molecule has 1 heterocycles. The molecule has 11 nitrogen and oxygen atoms in total. The number of nitrogens with one attached hydrogen (secondary N) is 1. The number of nitro groups is 1. The van der Waals surface area contributed by atoms with E-state index >= 15 is 0 Å². The molecule has 1 amide bonds. The van der Waals surface area contributed by atoms with Crippen LogP contribution in [0.5, 0.6) is 0 Å². The molecule has 2 aromatic rings. The molecule has 176 valence electrons. The number of carboxylic acids is 1. The highest BCUT2D eigenvalue weighted by atomic mass is 16.6. The van der Waals surface area contributed by atoms with Crippen LogP contribution in [0.2, 0.25) is 0 Å². The Morgan fingerprint density at radius 2 is 1.94 bits per heavy atom. The first-order valence-electron chi connectivity index (χ1n) is 10.5. The van der Waals surface area contributed by atoms with Crippen molar-refractivity contribution in [2.45, 2.75) is 6.42 Å². The molecule has 0 aliphatic carbocycles. The molecule has 0 aromatic heterocycles. The summed E-state index contributed by atoms with van der Waals surface area (Å²) in [6, 6.07) is 10.2. The van der Waals surface area contributed by atoms with E-state index in [-0.39, 0.29) is 48.0 Å². The SMILES string of the molecule is COCCc1c(C(=O)O)ccc(Nc2cccc(N3CCN(CC(N)=O)CC3)c2)c1[N+](=O)[O-]. The molecule has 0 atom stereocenters. The van der Waals surface area contributed by atoms with E-state index < -0.39 is 10.9 Å². The van der Waals surface area contributed by atoms with Gasteiger partial charge in [0.15, 0.2) is 0 Å². The second kappa shape index (κ2) is 10.7. The van der Waals surface area contributed by atoms with Gasteiger partial charge in [-0.2, -0.15) is 0 Å². The van der Waals surface area contributed by atoms with Crippen molar-refractivity contribution in [1.29, 1.82) is 0 Å². The third kappa shape index (κ3) is 5.96. The Hall–Kier alpha value is -3.70. The van der Waals surface area contributed by atoms with Crippen molar-refractivity contribution < 1.29 is 24.4 Å². The first-order valence-corrected chi connectivity index (χ1v) is 10.5. The number of amides is 1. The summed E-state index contributed by atoms with van der Waals surface area (Å²) in [5, 5.41) is 24.4. The van der Waals surface area contributed by atoms with Crippen molar-refractivity contribution in [2.24, 2.45) is 5.73 Å². The summed E-state index contributed by atoms with van der Waals surface area (Å²) < 4.78 is 5.01. The molecule has 11 heteroatoms. The highest BCUT2D eigenvalue weighted by molar-refractivity contribution is 5.93. The zero-order valence-corrected chi connectivity index (χ0v) is 18.3. The lowest BCUT2D eigenvalue weighted by molar-refractivity contribution is -0.384. The van der Waals surface area contributed by atoms with E-state index in [0.29, 0.717) is 31.9 Å². The number of piperazine rings is 1. The predicted molar refractivity (Wildman–Crippen MR) is 123 cm³/mol. The normalized spacial score (nSPS) is 14.2. The number of primary amides is 1. The van der Waals surface area contributed by atoms with Crippen molar-refractivity contribution >= 4 is 34.6 Å². The Labute approximate surface area is 190 Å². The van der Waals surface area contributed by atoms with Gasteiger partial charge in [0.1, 0.15) is 5.69 Å². The summed E-state index contributed by atoms with van der Waals surface area (Å²) in [5.41, 5.74) is 6.76. The number of carboxylic acid groups (broad SMARTS) is 1. The van der Waals surface area contributed by atoms with E-state index in [9.17, 15) is 24.8 Å². The largest absolute Gasteiger partial charge is 0.478 e. The number of ether oxygens (including phenoxy) is 1. The van der Waals surface area contributed by atoms with E-state index in [4.69, 9.17) is 10.5 Å². The van der Waals surface area contributed by atoms with Gasteiger partial charge in [-0.15, -0.1) is 0 Å². The monoisotopic (exact) mass is 457 g/mol. The van der Waals surface area contributed by atoms with E-state index in [2.05, 4.69) is 10.2 Å². The molecular formula is C22H27N5O6. The molecule has 1 saturated heterocycles. The number of carbonyl (C=O) groups is 2. The molecule has 0 saturated carbocycles. The van der Waals surface area contributed by atoms with Crippen LogP contribution < -0.4 is 16.0 Å². The average molecular weight is 457 g/mol. The molecule has 0 bridgehead atoms. The molecule has 1 aliphatic heterocycles. The van der Waals surface area contributed by atoms with Gasteiger partial charge in [-0.25, -0.2) is 4.79 Å². The molecule has 4 N–H and O–H groups in total. The summed E-state index contributed by atoms with van der Waals surface area (Å²) in [6.07, 6.45) is 0.0968. The number of benzene rings is 2.